The zero-order chi connectivity index (χ0) is 13.5. The molecule has 0 radical (unpaired) electrons. The molecule has 1 heterocycles. The average molecular weight is 260 g/mol. The van der Waals surface area contributed by atoms with Gasteiger partial charge in [0.05, 0.1) is 13.2 Å². The van der Waals surface area contributed by atoms with Gasteiger partial charge in [0.25, 0.3) is 5.91 Å². The fourth-order valence-corrected chi connectivity index (χ4v) is 1.61. The molecule has 0 saturated carbocycles. The lowest BCUT2D eigenvalue weighted by Crippen LogP contribution is -2.25. The summed E-state index contributed by atoms with van der Waals surface area (Å²) in [6.45, 7) is 0.753. The summed E-state index contributed by atoms with van der Waals surface area (Å²) in [5.41, 5.74) is 3.85. The second-order valence-electron chi connectivity index (χ2n) is 3.91. The highest BCUT2D eigenvalue weighted by atomic mass is 16.7. The van der Waals surface area contributed by atoms with Crippen LogP contribution in [0.5, 0.6) is 0 Å². The van der Waals surface area contributed by atoms with Crippen LogP contribution in [0.3, 0.4) is 0 Å². The topological polar surface area (TPSA) is 52.5 Å². The van der Waals surface area contributed by atoms with E-state index in [4.69, 9.17) is 9.57 Å². The van der Waals surface area contributed by atoms with Gasteiger partial charge in [-0.05, 0) is 30.3 Å². The zero-order valence-corrected chi connectivity index (χ0v) is 10.7. The van der Waals surface area contributed by atoms with Crippen molar-refractivity contribution in [1.29, 1.82) is 0 Å². The molecule has 100 valence electrons. The Morgan fingerprint density at radius 3 is 2.74 bits per heavy atom. The van der Waals surface area contributed by atoms with Crippen LogP contribution in [0.1, 0.15) is 10.4 Å². The van der Waals surface area contributed by atoms with Crippen LogP contribution in [-0.4, -0.2) is 30.8 Å². The Kier molecular flexibility index (Phi) is 4.72. The number of amides is 1. The molecule has 0 saturated heterocycles. The van der Waals surface area contributed by atoms with Crippen LogP contribution < -0.4 is 5.48 Å². The highest BCUT2D eigenvalue weighted by Gasteiger charge is 2.06. The number of nitrogens with zero attached hydrogens (tertiary/aromatic N) is 1. The number of ether oxygens (including phenoxy) is 1. The maximum atomic E-state index is 11.8. The van der Waals surface area contributed by atoms with Crippen molar-refractivity contribution in [2.75, 3.05) is 20.3 Å². The van der Waals surface area contributed by atoms with Crippen molar-refractivity contribution in [3.63, 3.8) is 0 Å². The monoisotopic (exact) mass is 260 g/mol. The van der Waals surface area contributed by atoms with Gasteiger partial charge in [-0.25, -0.2) is 5.48 Å². The van der Waals surface area contributed by atoms with Gasteiger partial charge in [0.1, 0.15) is 0 Å². The van der Waals surface area contributed by atoms with Crippen molar-refractivity contribution in [1.82, 2.24) is 10.0 Å². The fourth-order valence-electron chi connectivity index (χ4n) is 1.61. The van der Waals surface area contributed by atoms with Crippen LogP contribution in [0.2, 0.25) is 0 Å². The van der Waals surface area contributed by atoms with Gasteiger partial charge in [-0.2, -0.15) is 0 Å². The minimum atomic E-state index is -0.273. The zero-order valence-electron chi connectivity index (χ0n) is 10.7. The minimum Gasteiger partial charge on any atom is -0.382 e. The third-order valence-corrected chi connectivity index (χ3v) is 2.57. The van der Waals surface area contributed by atoms with Gasteiger partial charge in [-0.15, -0.1) is 0 Å². The van der Waals surface area contributed by atoms with Gasteiger partial charge in [0.15, 0.2) is 0 Å². The highest BCUT2D eigenvalue weighted by Crippen LogP contribution is 2.10. The Morgan fingerprint density at radius 2 is 2.00 bits per heavy atom. The second-order valence-corrected chi connectivity index (χ2v) is 3.91. The molecular weight excluding hydrogens is 244 g/mol. The van der Waals surface area contributed by atoms with Crippen LogP contribution in [0.25, 0.3) is 5.69 Å². The lowest BCUT2D eigenvalue weighted by atomic mass is 10.2. The molecule has 0 aliphatic heterocycles. The summed E-state index contributed by atoms with van der Waals surface area (Å²) in [7, 11) is 1.58. The molecule has 0 atom stereocenters. The lowest BCUT2D eigenvalue weighted by molar-refractivity contribution is 0.00889. The van der Waals surface area contributed by atoms with Gasteiger partial charge in [-0.3, -0.25) is 9.63 Å². The van der Waals surface area contributed by atoms with Crippen molar-refractivity contribution in [2.45, 2.75) is 0 Å². The second kappa shape index (κ2) is 6.72. The van der Waals surface area contributed by atoms with Gasteiger partial charge < -0.3 is 9.30 Å². The minimum absolute atomic E-state index is 0.273. The third kappa shape index (κ3) is 3.67. The van der Waals surface area contributed by atoms with Crippen LogP contribution in [0.4, 0.5) is 0 Å². The number of nitrogens with one attached hydrogen (secondary N) is 1. The maximum Gasteiger partial charge on any atom is 0.274 e. The molecule has 1 aromatic carbocycles. The molecule has 5 heteroatoms. The molecule has 0 aliphatic rings. The normalized spacial score (nSPS) is 10.4. The first kappa shape index (κ1) is 13.3. The number of benzene rings is 1. The van der Waals surface area contributed by atoms with Crippen molar-refractivity contribution >= 4 is 5.91 Å². The molecule has 2 aromatic rings. The summed E-state index contributed by atoms with van der Waals surface area (Å²) >= 11 is 0. The molecule has 1 aromatic heterocycles. The number of rotatable bonds is 6. The molecule has 0 spiro atoms. The molecule has 2 rings (SSSR count). The third-order valence-electron chi connectivity index (χ3n) is 2.57. The first-order chi connectivity index (χ1) is 9.31. The molecular formula is C14H16N2O3. The van der Waals surface area contributed by atoms with E-state index in [0.29, 0.717) is 18.8 Å². The van der Waals surface area contributed by atoms with Gasteiger partial charge in [0.2, 0.25) is 0 Å². The van der Waals surface area contributed by atoms with Gasteiger partial charge >= 0.3 is 0 Å². The van der Waals surface area contributed by atoms with Gasteiger partial charge in [-0.1, -0.05) is 6.07 Å². The molecule has 0 bridgehead atoms. The van der Waals surface area contributed by atoms with Crippen molar-refractivity contribution in [3.8, 4) is 5.69 Å². The number of hydrogen-bond donors (Lipinski definition) is 1. The van der Waals surface area contributed by atoms with Crippen LogP contribution >= 0.6 is 0 Å². The summed E-state index contributed by atoms with van der Waals surface area (Å²) in [5, 5.41) is 0. The number of methoxy groups -OCH3 is 1. The molecule has 1 amide bonds. The van der Waals surface area contributed by atoms with E-state index in [0.717, 1.165) is 5.69 Å². The molecule has 19 heavy (non-hydrogen) atoms. The largest absolute Gasteiger partial charge is 0.382 e. The van der Waals surface area contributed by atoms with E-state index in [1.807, 2.05) is 41.2 Å². The average Bonchev–Trinajstić information content (AvgIpc) is 2.98. The highest BCUT2D eigenvalue weighted by molar-refractivity contribution is 5.94. The SMILES string of the molecule is COCCONC(=O)c1cccc(-n2cccc2)c1. The number of aromatic nitrogens is 1. The van der Waals surface area contributed by atoms with E-state index >= 15 is 0 Å². The number of carbonyl (C=O) groups excluding carboxylic acids is 1. The van der Waals surface area contributed by atoms with Crippen LogP contribution in [-0.2, 0) is 9.57 Å². The molecule has 0 unspecified atom stereocenters. The quantitative estimate of drug-likeness (QED) is 0.636. The van der Waals surface area contributed by atoms with Crippen LogP contribution in [0.15, 0.2) is 48.8 Å². The first-order valence-corrected chi connectivity index (χ1v) is 5.96. The van der Waals surface area contributed by atoms with E-state index in [-0.39, 0.29) is 5.91 Å². The summed E-state index contributed by atoms with van der Waals surface area (Å²) < 4.78 is 6.75. The fraction of sp³-hybridized carbons (Fsp3) is 0.214. The van der Waals surface area contributed by atoms with Gasteiger partial charge in [0, 0.05) is 30.8 Å². The number of hydrogen-bond acceptors (Lipinski definition) is 3. The predicted molar refractivity (Wildman–Crippen MR) is 71.1 cm³/mol. The number of carbonyl (C=O) groups is 1. The first-order valence-electron chi connectivity index (χ1n) is 5.96. The molecule has 1 N–H and O–H groups in total. The molecule has 5 nitrogen and oxygen atoms in total. The summed E-state index contributed by atoms with van der Waals surface area (Å²) in [6, 6.07) is 11.2. The van der Waals surface area contributed by atoms with Crippen molar-refractivity contribution in [3.05, 3.63) is 54.4 Å². The maximum absolute atomic E-state index is 11.8. The van der Waals surface area contributed by atoms with Crippen molar-refractivity contribution in [2.24, 2.45) is 0 Å². The summed E-state index contributed by atoms with van der Waals surface area (Å²) in [6.07, 6.45) is 3.85. The predicted octanol–water partition coefficient (Wildman–Crippen LogP) is 1.79. The Hall–Kier alpha value is -2.11. The lowest BCUT2D eigenvalue weighted by Gasteiger charge is -2.07. The standard InChI is InChI=1S/C14H16N2O3/c1-18-9-10-19-15-14(17)12-5-4-6-13(11-12)16-7-2-3-8-16/h2-8,11H,9-10H2,1H3,(H,15,17). The Bertz CT molecular complexity index is 523. The number of hydroxylamine groups is 1. The summed E-state index contributed by atoms with van der Waals surface area (Å²) in [5.74, 6) is -0.273. The molecule has 0 fully saturated rings. The van der Waals surface area contributed by atoms with Crippen molar-refractivity contribution < 1.29 is 14.4 Å². The Morgan fingerprint density at radius 1 is 1.21 bits per heavy atom. The Balaban J connectivity index is 2.00. The summed E-state index contributed by atoms with van der Waals surface area (Å²) in [4.78, 5) is 16.8. The smallest absolute Gasteiger partial charge is 0.274 e. The molecule has 0 aliphatic carbocycles. The van der Waals surface area contributed by atoms with E-state index < -0.39 is 0 Å². The van der Waals surface area contributed by atoms with E-state index in [1.54, 1.807) is 19.2 Å². The van der Waals surface area contributed by atoms with E-state index in [9.17, 15) is 4.79 Å². The Labute approximate surface area is 111 Å². The van der Waals surface area contributed by atoms with E-state index in [1.165, 1.54) is 0 Å². The van der Waals surface area contributed by atoms with Crippen LogP contribution in [0, 0.1) is 0 Å². The van der Waals surface area contributed by atoms with E-state index in [2.05, 4.69) is 5.48 Å².